The number of fused-ring (bicyclic) bond motifs is 1. The summed E-state index contributed by atoms with van der Waals surface area (Å²) >= 11 is 1.26. The van der Waals surface area contributed by atoms with Crippen molar-refractivity contribution in [1.82, 2.24) is 0 Å². The van der Waals surface area contributed by atoms with E-state index in [1.54, 1.807) is 11.4 Å². The highest BCUT2D eigenvalue weighted by molar-refractivity contribution is 7.97. The molecule has 1 N–H and O–H groups in total. The molecule has 2 heterocycles. The van der Waals surface area contributed by atoms with Crippen molar-refractivity contribution in [3.05, 3.63) is 92.1 Å². The number of hydrogen-bond donors (Lipinski definition) is 1. The van der Waals surface area contributed by atoms with Crippen LogP contribution in [0.1, 0.15) is 31.9 Å². The lowest BCUT2D eigenvalue weighted by atomic mass is 10.1. The highest BCUT2D eigenvalue weighted by Gasteiger charge is 2.41. The minimum atomic E-state index is -4.01. The molecule has 4 rings (SSSR count). The van der Waals surface area contributed by atoms with Crippen LogP contribution in [-0.2, 0) is 16.6 Å². The van der Waals surface area contributed by atoms with Crippen LogP contribution in [0.15, 0.2) is 65.0 Å². The molecule has 1 aliphatic rings. The summed E-state index contributed by atoms with van der Waals surface area (Å²) in [6, 6.07) is 15.2. The average molecular weight is 439 g/mol. The molecule has 0 amide bonds. The van der Waals surface area contributed by atoms with E-state index in [4.69, 9.17) is 0 Å². The van der Waals surface area contributed by atoms with Gasteiger partial charge in [0.25, 0.3) is 10.0 Å². The lowest BCUT2D eigenvalue weighted by Gasteiger charge is -2.29. The predicted octanol–water partition coefficient (Wildman–Crippen LogP) is 5.16. The van der Waals surface area contributed by atoms with Crippen LogP contribution >= 0.6 is 11.3 Å². The first-order valence-corrected chi connectivity index (χ1v) is 11.8. The third-order valence-corrected chi connectivity index (χ3v) is 7.77. The third kappa shape index (κ3) is 3.66. The number of carbonyl (C=O) groups excluding carboxylic acids is 1. The maximum atomic E-state index is 13.4. The molecule has 7 heteroatoms. The van der Waals surface area contributed by atoms with E-state index >= 15 is 0 Å². The van der Waals surface area contributed by atoms with Crippen molar-refractivity contribution in [2.24, 2.45) is 0 Å². The Morgan fingerprint density at radius 3 is 2.40 bits per heavy atom. The van der Waals surface area contributed by atoms with Crippen LogP contribution in [0.3, 0.4) is 0 Å². The molecule has 5 nitrogen and oxygen atoms in total. The molecule has 2 aromatic carbocycles. The van der Waals surface area contributed by atoms with E-state index in [1.807, 2.05) is 63.2 Å². The maximum Gasteiger partial charge on any atom is 0.270 e. The zero-order chi connectivity index (χ0) is 21.5. The summed E-state index contributed by atoms with van der Waals surface area (Å²) in [5.74, 6) is -0.475. The molecule has 30 heavy (non-hydrogen) atoms. The summed E-state index contributed by atoms with van der Waals surface area (Å²) in [6.07, 6.45) is 1.32. The lowest BCUT2D eigenvalue weighted by molar-refractivity contribution is 0.104. The zero-order valence-corrected chi connectivity index (χ0v) is 18.6. The van der Waals surface area contributed by atoms with Crippen molar-refractivity contribution in [2.75, 3.05) is 9.62 Å². The van der Waals surface area contributed by atoms with Crippen molar-refractivity contribution in [3.8, 4) is 0 Å². The average Bonchev–Trinajstić information content (AvgIpc) is 3.17. The molecule has 0 saturated carbocycles. The van der Waals surface area contributed by atoms with E-state index in [2.05, 4.69) is 5.32 Å². The van der Waals surface area contributed by atoms with Crippen LogP contribution < -0.4 is 9.62 Å². The van der Waals surface area contributed by atoms with Crippen molar-refractivity contribution in [3.63, 3.8) is 0 Å². The van der Waals surface area contributed by atoms with Gasteiger partial charge >= 0.3 is 0 Å². The maximum absolute atomic E-state index is 13.4. The molecule has 0 fully saturated rings. The molecule has 0 unspecified atom stereocenters. The van der Waals surface area contributed by atoms with E-state index < -0.39 is 15.8 Å². The molecular formula is C23H22N2O3S2. The van der Waals surface area contributed by atoms with E-state index in [9.17, 15) is 13.2 Å². The second-order valence-corrected chi connectivity index (χ2v) is 10.2. The van der Waals surface area contributed by atoms with E-state index in [-0.39, 0.29) is 11.4 Å². The normalized spacial score (nSPS) is 16.6. The topological polar surface area (TPSA) is 66.5 Å². The number of rotatable bonds is 4. The summed E-state index contributed by atoms with van der Waals surface area (Å²) < 4.78 is 28.2. The summed E-state index contributed by atoms with van der Waals surface area (Å²) in [4.78, 5) is 13.2. The highest BCUT2D eigenvalue weighted by atomic mass is 32.2. The van der Waals surface area contributed by atoms with Crippen molar-refractivity contribution < 1.29 is 13.2 Å². The summed E-state index contributed by atoms with van der Waals surface area (Å²) in [5.41, 5.74) is 5.25. The van der Waals surface area contributed by atoms with Gasteiger partial charge in [-0.15, -0.1) is 11.3 Å². The molecule has 0 spiro atoms. The summed E-state index contributed by atoms with van der Waals surface area (Å²) in [6.45, 7) is 6.08. The van der Waals surface area contributed by atoms with Crippen LogP contribution in [0.5, 0.6) is 0 Å². The van der Waals surface area contributed by atoms with Crippen molar-refractivity contribution in [2.45, 2.75) is 27.3 Å². The first-order valence-electron chi connectivity index (χ1n) is 9.52. The van der Waals surface area contributed by atoms with Crippen molar-refractivity contribution >= 4 is 38.5 Å². The number of allylic oxidation sites excluding steroid dienone is 1. The molecule has 0 radical (unpaired) electrons. The van der Waals surface area contributed by atoms with Gasteiger partial charge in [0.1, 0.15) is 4.88 Å². The molecule has 1 aliphatic heterocycles. The number of thiophene rings is 1. The first kappa shape index (κ1) is 20.4. The molecule has 0 atom stereocenters. The van der Waals surface area contributed by atoms with Gasteiger partial charge in [-0.1, -0.05) is 47.5 Å². The van der Waals surface area contributed by atoms with Gasteiger partial charge in [0, 0.05) is 11.9 Å². The molecule has 0 aliphatic carbocycles. The Hall–Kier alpha value is -2.90. The Labute approximate surface area is 180 Å². The van der Waals surface area contributed by atoms with Gasteiger partial charge in [-0.3, -0.25) is 9.10 Å². The van der Waals surface area contributed by atoms with Gasteiger partial charge in [-0.2, -0.15) is 0 Å². The Morgan fingerprint density at radius 1 is 1.00 bits per heavy atom. The van der Waals surface area contributed by atoms with Crippen LogP contribution in [0.25, 0.3) is 0 Å². The number of nitrogens with zero attached hydrogens (tertiary/aromatic N) is 1. The smallest absolute Gasteiger partial charge is 0.270 e. The zero-order valence-electron chi connectivity index (χ0n) is 17.0. The molecular weight excluding hydrogens is 416 g/mol. The molecule has 3 aromatic rings. The number of aryl methyl sites for hydroxylation is 3. The van der Waals surface area contributed by atoms with Gasteiger partial charge < -0.3 is 5.32 Å². The number of carbonyl (C=O) groups is 1. The second-order valence-electron chi connectivity index (χ2n) is 7.43. The molecule has 0 saturated heterocycles. The Kier molecular flexibility index (Phi) is 5.26. The number of sulfonamides is 1. The van der Waals surface area contributed by atoms with E-state index in [0.29, 0.717) is 10.6 Å². The fourth-order valence-corrected chi connectivity index (χ4v) is 5.92. The number of ketones is 1. The highest BCUT2D eigenvalue weighted by Crippen LogP contribution is 2.39. The number of benzene rings is 2. The minimum absolute atomic E-state index is 0.167. The molecule has 154 valence electrons. The first-order chi connectivity index (χ1) is 14.3. The quantitative estimate of drug-likeness (QED) is 0.572. The van der Waals surface area contributed by atoms with Gasteiger partial charge in [0.15, 0.2) is 4.91 Å². The van der Waals surface area contributed by atoms with Gasteiger partial charge in [-0.05, 0) is 49.4 Å². The molecule has 0 bridgehead atoms. The van der Waals surface area contributed by atoms with E-state index in [0.717, 1.165) is 27.9 Å². The Morgan fingerprint density at radius 2 is 1.70 bits per heavy atom. The SMILES string of the molecule is Cc1ccc(CN2c3ccsc3C(=O)C(=CNc3ccc(C)cc3C)S2(=O)=O)cc1. The van der Waals surface area contributed by atoms with Crippen LogP contribution in [0.2, 0.25) is 0 Å². The van der Waals surface area contributed by atoms with Crippen molar-refractivity contribution in [1.29, 1.82) is 0 Å². The van der Waals surface area contributed by atoms with Gasteiger partial charge in [-0.25, -0.2) is 8.42 Å². The number of hydrogen-bond acceptors (Lipinski definition) is 5. The fourth-order valence-electron chi connectivity index (χ4n) is 3.43. The third-order valence-electron chi connectivity index (χ3n) is 5.10. The van der Waals surface area contributed by atoms with Crippen LogP contribution in [-0.4, -0.2) is 14.2 Å². The summed E-state index contributed by atoms with van der Waals surface area (Å²) in [7, 11) is -4.01. The lowest BCUT2D eigenvalue weighted by Crippen LogP contribution is -2.38. The van der Waals surface area contributed by atoms with Gasteiger partial charge in [0.2, 0.25) is 5.78 Å². The Balaban J connectivity index is 1.74. The van der Waals surface area contributed by atoms with Crippen LogP contribution in [0.4, 0.5) is 11.4 Å². The fraction of sp³-hybridized carbons (Fsp3) is 0.174. The van der Waals surface area contributed by atoms with Gasteiger partial charge in [0.05, 0.1) is 12.2 Å². The monoisotopic (exact) mass is 438 g/mol. The number of Topliss-reactive ketones (excluding diaryl/α,β-unsaturated/α-hetero) is 1. The predicted molar refractivity (Wildman–Crippen MR) is 123 cm³/mol. The largest absolute Gasteiger partial charge is 0.360 e. The minimum Gasteiger partial charge on any atom is -0.360 e. The standard InChI is InChI=1S/C23H22N2O3S2/c1-15-4-7-18(8-5-15)14-25-20-10-11-29-23(20)22(26)21(30(25,27)28)13-24-19-9-6-16(2)12-17(19)3/h4-13,24H,14H2,1-3H3. The summed E-state index contributed by atoms with van der Waals surface area (Å²) in [5, 5.41) is 4.78. The number of nitrogens with one attached hydrogen (secondary N) is 1. The second kappa shape index (κ2) is 7.74. The molecule has 1 aromatic heterocycles. The van der Waals surface area contributed by atoms with E-state index in [1.165, 1.54) is 21.8 Å². The number of anilines is 2. The Bertz CT molecular complexity index is 1260. The van der Waals surface area contributed by atoms with Crippen LogP contribution in [0, 0.1) is 20.8 Å².